The number of rotatable bonds is 0. The first-order valence-electron chi connectivity index (χ1n) is 2.69. The predicted octanol–water partition coefficient (Wildman–Crippen LogP) is 0.505. The van der Waals surface area contributed by atoms with Gasteiger partial charge in [-0.3, -0.25) is 0 Å². The van der Waals surface area contributed by atoms with E-state index in [0.717, 1.165) is 25.9 Å². The molecule has 0 radical (unpaired) electrons. The van der Waals surface area contributed by atoms with Crippen LogP contribution < -0.4 is 0 Å². The summed E-state index contributed by atoms with van der Waals surface area (Å²) in [6, 6.07) is 0. The Morgan fingerprint density at radius 2 is 2.29 bits per heavy atom. The zero-order valence-electron chi connectivity index (χ0n) is 4.26. The molecule has 1 fully saturated rings. The van der Waals surface area contributed by atoms with E-state index in [1.807, 2.05) is 0 Å². The van der Waals surface area contributed by atoms with Crippen LogP contribution in [0.2, 0.25) is 0 Å². The largest absolute Gasteiger partial charge is 0.368 e. The van der Waals surface area contributed by atoms with Crippen LogP contribution in [0.5, 0.6) is 0 Å². The summed E-state index contributed by atoms with van der Waals surface area (Å²) in [6.07, 6.45) is 2.58. The molecule has 7 heavy (non-hydrogen) atoms. The molecule has 1 saturated heterocycles. The third-order valence-corrected chi connectivity index (χ3v) is 1.16. The van der Waals surface area contributed by atoms with Gasteiger partial charge in [0.2, 0.25) is 0 Å². The lowest BCUT2D eigenvalue weighted by Gasteiger charge is -2.16. The molecule has 0 bridgehead atoms. The van der Waals surface area contributed by atoms with Gasteiger partial charge in [-0.25, -0.2) is 0 Å². The van der Waals surface area contributed by atoms with Crippen molar-refractivity contribution in [2.24, 2.45) is 0 Å². The van der Waals surface area contributed by atoms with Gasteiger partial charge in [-0.15, -0.1) is 0 Å². The highest BCUT2D eigenvalue weighted by molar-refractivity contribution is 4.50. The third kappa shape index (κ3) is 1.45. The smallest absolute Gasteiger partial charge is 0.154 e. The molecule has 0 aromatic heterocycles. The molecule has 0 aromatic rings. The maximum atomic E-state index is 8.69. The van der Waals surface area contributed by atoms with E-state index in [2.05, 4.69) is 0 Å². The summed E-state index contributed by atoms with van der Waals surface area (Å²) in [7, 11) is 0. The highest BCUT2D eigenvalue weighted by atomic mass is 16.6. The summed E-state index contributed by atoms with van der Waals surface area (Å²) in [5, 5.41) is 8.69. The molecular formula is C5H10O2. The second kappa shape index (κ2) is 2.28. The summed E-state index contributed by atoms with van der Waals surface area (Å²) >= 11 is 0. The van der Waals surface area contributed by atoms with Crippen LogP contribution in [-0.2, 0) is 4.74 Å². The average Bonchev–Trinajstić information content (AvgIpc) is 1.69. The van der Waals surface area contributed by atoms with Crippen LogP contribution in [0.15, 0.2) is 0 Å². The fourth-order valence-electron chi connectivity index (χ4n) is 0.724. The lowest BCUT2D eigenvalue weighted by atomic mass is 10.2. The summed E-state index contributed by atoms with van der Waals surface area (Å²) < 4.78 is 4.83. The number of hydrogen-bond acceptors (Lipinski definition) is 2. The van der Waals surface area contributed by atoms with Crippen molar-refractivity contribution in [1.82, 2.24) is 0 Å². The van der Waals surface area contributed by atoms with Crippen molar-refractivity contribution in [3.63, 3.8) is 0 Å². The number of aliphatic hydroxyl groups excluding tert-OH is 1. The van der Waals surface area contributed by atoms with Crippen LogP contribution in [0.25, 0.3) is 0 Å². The Balaban J connectivity index is 2.12. The lowest BCUT2D eigenvalue weighted by Crippen LogP contribution is -2.17. The Morgan fingerprint density at radius 3 is 2.57 bits per heavy atom. The molecular weight excluding hydrogens is 92.1 g/mol. The summed E-state index contributed by atoms with van der Waals surface area (Å²) in [5.41, 5.74) is 0. The van der Waals surface area contributed by atoms with E-state index in [4.69, 9.17) is 9.84 Å². The Morgan fingerprint density at radius 1 is 1.43 bits per heavy atom. The maximum Gasteiger partial charge on any atom is 0.154 e. The van der Waals surface area contributed by atoms with Gasteiger partial charge in [0, 0.05) is 6.61 Å². The Bertz CT molecular complexity index is 48.0. The molecule has 2 nitrogen and oxygen atoms in total. The highest BCUT2D eigenvalue weighted by Gasteiger charge is 2.07. The molecule has 42 valence electrons. The van der Waals surface area contributed by atoms with Gasteiger partial charge in [0.25, 0.3) is 0 Å². The summed E-state index contributed by atoms with van der Waals surface area (Å²) in [6.45, 7) is 0.737. The van der Waals surface area contributed by atoms with Crippen molar-refractivity contribution < 1.29 is 9.84 Å². The van der Waals surface area contributed by atoms with Crippen LogP contribution in [0, 0.1) is 0 Å². The van der Waals surface area contributed by atoms with E-state index < -0.39 is 6.29 Å². The van der Waals surface area contributed by atoms with E-state index in [1.165, 1.54) is 0 Å². The van der Waals surface area contributed by atoms with Crippen LogP contribution in [-0.4, -0.2) is 18.0 Å². The average molecular weight is 102 g/mol. The third-order valence-electron chi connectivity index (χ3n) is 1.16. The Hall–Kier alpha value is -0.0800. The monoisotopic (exact) mass is 102 g/mol. The van der Waals surface area contributed by atoms with Crippen LogP contribution in [0.3, 0.4) is 0 Å². The van der Waals surface area contributed by atoms with Crippen LogP contribution >= 0.6 is 0 Å². The number of hydrogen-bond donors (Lipinski definition) is 1. The van der Waals surface area contributed by atoms with Crippen molar-refractivity contribution in [3.05, 3.63) is 0 Å². The predicted molar refractivity (Wildman–Crippen MR) is 25.8 cm³/mol. The fraction of sp³-hybridized carbons (Fsp3) is 1.00. The molecule has 1 rings (SSSR count). The van der Waals surface area contributed by atoms with Gasteiger partial charge < -0.3 is 9.84 Å². The van der Waals surface area contributed by atoms with Crippen LogP contribution in [0.1, 0.15) is 19.3 Å². The zero-order chi connectivity index (χ0) is 5.11. The SMILES string of the molecule is O[C@H]1CCCCO1. The first-order chi connectivity index (χ1) is 3.39. The van der Waals surface area contributed by atoms with E-state index >= 15 is 0 Å². The van der Waals surface area contributed by atoms with Gasteiger partial charge in [0.05, 0.1) is 0 Å². The molecule has 0 saturated carbocycles. The topological polar surface area (TPSA) is 29.5 Å². The molecule has 1 N–H and O–H groups in total. The van der Waals surface area contributed by atoms with Gasteiger partial charge in [-0.05, 0) is 19.3 Å². The lowest BCUT2D eigenvalue weighted by molar-refractivity contribution is -0.123. The Labute approximate surface area is 43.1 Å². The van der Waals surface area contributed by atoms with Crippen molar-refractivity contribution in [2.75, 3.05) is 6.61 Å². The second-order valence-corrected chi connectivity index (χ2v) is 1.82. The van der Waals surface area contributed by atoms with Crippen molar-refractivity contribution in [1.29, 1.82) is 0 Å². The molecule has 0 spiro atoms. The number of aliphatic hydroxyl groups is 1. The van der Waals surface area contributed by atoms with E-state index in [-0.39, 0.29) is 0 Å². The second-order valence-electron chi connectivity index (χ2n) is 1.82. The van der Waals surface area contributed by atoms with Gasteiger partial charge in [-0.1, -0.05) is 0 Å². The summed E-state index contributed by atoms with van der Waals surface area (Å²) in [4.78, 5) is 0. The standard InChI is InChI=1S/C5H10O2/c6-5-3-1-2-4-7-5/h5-6H,1-4H2/t5-/m1/s1. The maximum absolute atomic E-state index is 8.69. The minimum atomic E-state index is -0.464. The minimum absolute atomic E-state index is 0.464. The summed E-state index contributed by atoms with van der Waals surface area (Å²) in [5.74, 6) is 0. The van der Waals surface area contributed by atoms with Gasteiger partial charge in [-0.2, -0.15) is 0 Å². The van der Waals surface area contributed by atoms with E-state index in [9.17, 15) is 0 Å². The normalized spacial score (nSPS) is 33.0. The molecule has 0 unspecified atom stereocenters. The molecule has 1 aliphatic heterocycles. The molecule has 0 aliphatic carbocycles. The Kier molecular flexibility index (Phi) is 1.65. The molecule has 2 heteroatoms. The fourth-order valence-corrected chi connectivity index (χ4v) is 0.724. The first kappa shape index (κ1) is 5.06. The van der Waals surface area contributed by atoms with Crippen LogP contribution in [0.4, 0.5) is 0 Å². The molecule has 1 aliphatic rings. The zero-order valence-corrected chi connectivity index (χ0v) is 4.26. The van der Waals surface area contributed by atoms with Gasteiger partial charge in [0.1, 0.15) is 0 Å². The van der Waals surface area contributed by atoms with E-state index in [1.54, 1.807) is 0 Å². The van der Waals surface area contributed by atoms with Gasteiger partial charge in [0.15, 0.2) is 6.29 Å². The quantitative estimate of drug-likeness (QED) is 0.482. The molecule has 1 atom stereocenters. The van der Waals surface area contributed by atoms with Crippen molar-refractivity contribution in [2.45, 2.75) is 25.6 Å². The first-order valence-corrected chi connectivity index (χ1v) is 2.69. The van der Waals surface area contributed by atoms with Gasteiger partial charge >= 0.3 is 0 Å². The highest BCUT2D eigenvalue weighted by Crippen LogP contribution is 2.08. The van der Waals surface area contributed by atoms with Crippen molar-refractivity contribution in [3.8, 4) is 0 Å². The molecule has 0 amide bonds. The van der Waals surface area contributed by atoms with Crippen molar-refractivity contribution >= 4 is 0 Å². The minimum Gasteiger partial charge on any atom is -0.368 e. The molecule has 0 aromatic carbocycles. The van der Waals surface area contributed by atoms with E-state index in [0.29, 0.717) is 0 Å². The number of ether oxygens (including phenoxy) is 1. The molecule has 1 heterocycles.